The van der Waals surface area contributed by atoms with Crippen LogP contribution in [-0.4, -0.2) is 137 Å². The van der Waals surface area contributed by atoms with Gasteiger partial charge in [0.25, 0.3) is 0 Å². The first kappa shape index (κ1) is 25.8. The molecule has 0 bridgehead atoms. The Labute approximate surface area is 137 Å². The second kappa shape index (κ2) is 13.8. The van der Waals surface area contributed by atoms with Crippen LogP contribution in [0, 0.1) is 0 Å². The van der Waals surface area contributed by atoms with Crippen molar-refractivity contribution in [2.45, 2.75) is 48.8 Å². The molecule has 0 aromatic heterocycles. The van der Waals surface area contributed by atoms with Crippen molar-refractivity contribution in [3.63, 3.8) is 0 Å². The molecule has 0 aliphatic carbocycles. The Balaban J connectivity index is 0. The van der Waals surface area contributed by atoms with Crippen LogP contribution in [0.4, 0.5) is 0 Å². The average molecular weight is 364 g/mol. The lowest BCUT2D eigenvalue weighted by Crippen LogP contribution is -2.46. The molecule has 0 aliphatic rings. The van der Waals surface area contributed by atoms with E-state index in [1.165, 1.54) is 0 Å². The second-order valence-electron chi connectivity index (χ2n) is 4.96. The van der Waals surface area contributed by atoms with Crippen LogP contribution in [0.15, 0.2) is 0 Å². The fourth-order valence-corrected chi connectivity index (χ4v) is 1.34. The molecule has 12 heteroatoms. The molecule has 0 rings (SSSR count). The van der Waals surface area contributed by atoms with Gasteiger partial charge in [0.15, 0.2) is 0 Å². The second-order valence-corrected chi connectivity index (χ2v) is 4.96. The maximum atomic E-state index is 8.96. The van der Waals surface area contributed by atoms with Crippen molar-refractivity contribution in [2.75, 3.05) is 26.4 Å². The van der Waals surface area contributed by atoms with E-state index in [2.05, 4.69) is 0 Å². The zero-order valence-corrected chi connectivity index (χ0v) is 12.8. The molecule has 0 amide bonds. The van der Waals surface area contributed by atoms with Gasteiger partial charge in [-0.15, -0.1) is 0 Å². The summed E-state index contributed by atoms with van der Waals surface area (Å²) in [7, 11) is 0. The van der Waals surface area contributed by atoms with Gasteiger partial charge in [-0.3, -0.25) is 0 Å². The topological polar surface area (TPSA) is 243 Å². The third kappa shape index (κ3) is 9.12. The SMILES string of the molecule is OC[C@@H](O)[C@@H](O)[C@H](O)[C@@H](O)CO.OC[C@@H](O)[C@@H](O)[C@H](O)[C@H](O)CO. The first-order chi connectivity index (χ1) is 11.1. The minimum absolute atomic E-state index is 0.726. The van der Waals surface area contributed by atoms with Gasteiger partial charge in [-0.2, -0.15) is 0 Å². The van der Waals surface area contributed by atoms with Gasteiger partial charge in [0.2, 0.25) is 0 Å². The highest BCUT2D eigenvalue weighted by molar-refractivity contribution is 4.80. The third-order valence-electron chi connectivity index (χ3n) is 3.02. The predicted octanol–water partition coefficient (Wildman–Crippen LogP) is -7.17. The molecule has 24 heavy (non-hydrogen) atoms. The van der Waals surface area contributed by atoms with Crippen molar-refractivity contribution in [3.05, 3.63) is 0 Å². The van der Waals surface area contributed by atoms with E-state index in [-0.39, 0.29) is 0 Å². The number of rotatable bonds is 10. The van der Waals surface area contributed by atoms with E-state index in [4.69, 9.17) is 61.3 Å². The summed E-state index contributed by atoms with van der Waals surface area (Å²) in [5.74, 6) is 0. The van der Waals surface area contributed by atoms with Crippen LogP contribution in [-0.2, 0) is 0 Å². The number of aliphatic hydroxyl groups is 12. The van der Waals surface area contributed by atoms with Gasteiger partial charge in [-0.05, 0) is 0 Å². The first-order valence-corrected chi connectivity index (χ1v) is 6.96. The van der Waals surface area contributed by atoms with E-state index in [9.17, 15) is 0 Å². The Bertz CT molecular complexity index is 237. The maximum absolute atomic E-state index is 8.96. The third-order valence-corrected chi connectivity index (χ3v) is 3.02. The molecule has 0 aliphatic heterocycles. The summed E-state index contributed by atoms with van der Waals surface area (Å²) in [6.07, 6.45) is -12.8. The summed E-state index contributed by atoms with van der Waals surface area (Å²) in [4.78, 5) is 0. The van der Waals surface area contributed by atoms with Crippen molar-refractivity contribution in [2.24, 2.45) is 0 Å². The van der Waals surface area contributed by atoms with Gasteiger partial charge in [-0.25, -0.2) is 0 Å². The highest BCUT2D eigenvalue weighted by Gasteiger charge is 2.30. The molecule has 148 valence electrons. The standard InChI is InChI=1S/2C6H14O6/c2*7-1-3(9)5(11)6(12)4(10)2-8/h2*3-12H,1-2H2/t3-,4+,5-,6-;3-,4-,5-,6-/m11/s1. The van der Waals surface area contributed by atoms with E-state index in [1.807, 2.05) is 0 Å². The van der Waals surface area contributed by atoms with Crippen LogP contribution in [0.1, 0.15) is 0 Å². The van der Waals surface area contributed by atoms with Crippen molar-refractivity contribution in [1.82, 2.24) is 0 Å². The van der Waals surface area contributed by atoms with Gasteiger partial charge in [0, 0.05) is 0 Å². The molecule has 0 spiro atoms. The highest BCUT2D eigenvalue weighted by atomic mass is 16.4. The van der Waals surface area contributed by atoms with E-state index in [0.717, 1.165) is 0 Å². The zero-order valence-electron chi connectivity index (χ0n) is 12.8. The molecule has 0 heterocycles. The molecule has 8 atom stereocenters. The highest BCUT2D eigenvalue weighted by Crippen LogP contribution is 2.04. The Kier molecular flexibility index (Phi) is 14.8. The molecule has 0 aromatic rings. The minimum atomic E-state index is -1.67. The lowest BCUT2D eigenvalue weighted by Gasteiger charge is -2.24. The largest absolute Gasteiger partial charge is 0.394 e. The lowest BCUT2D eigenvalue weighted by atomic mass is 10.0. The molecular weight excluding hydrogens is 336 g/mol. The predicted molar refractivity (Wildman–Crippen MR) is 76.4 cm³/mol. The van der Waals surface area contributed by atoms with Gasteiger partial charge >= 0.3 is 0 Å². The summed E-state index contributed by atoms with van der Waals surface area (Å²) in [5.41, 5.74) is 0. The summed E-state index contributed by atoms with van der Waals surface area (Å²) >= 11 is 0. The minimum Gasteiger partial charge on any atom is -0.394 e. The molecule has 0 saturated carbocycles. The van der Waals surface area contributed by atoms with Gasteiger partial charge in [0.1, 0.15) is 48.8 Å². The van der Waals surface area contributed by atoms with Crippen molar-refractivity contribution in [3.8, 4) is 0 Å². The van der Waals surface area contributed by atoms with Gasteiger partial charge in [0.05, 0.1) is 26.4 Å². The zero-order chi connectivity index (χ0) is 19.4. The summed E-state index contributed by atoms with van der Waals surface area (Å²) in [6, 6.07) is 0. The summed E-state index contributed by atoms with van der Waals surface area (Å²) < 4.78 is 0. The van der Waals surface area contributed by atoms with E-state index in [0.29, 0.717) is 0 Å². The van der Waals surface area contributed by atoms with Gasteiger partial charge in [-0.1, -0.05) is 0 Å². The Morgan fingerprint density at radius 3 is 0.542 bits per heavy atom. The quantitative estimate of drug-likeness (QED) is 0.173. The Hall–Kier alpha value is -0.480. The fourth-order valence-electron chi connectivity index (χ4n) is 1.34. The molecule has 0 saturated heterocycles. The van der Waals surface area contributed by atoms with E-state index in [1.54, 1.807) is 0 Å². The van der Waals surface area contributed by atoms with Crippen LogP contribution in [0.2, 0.25) is 0 Å². The summed E-state index contributed by atoms with van der Waals surface area (Å²) in [6.45, 7) is -2.90. The number of aliphatic hydroxyl groups excluding tert-OH is 12. The van der Waals surface area contributed by atoms with E-state index >= 15 is 0 Å². The monoisotopic (exact) mass is 364 g/mol. The molecular formula is C12H28O12. The molecule has 0 fully saturated rings. The molecule has 12 nitrogen and oxygen atoms in total. The maximum Gasteiger partial charge on any atom is 0.111 e. The molecule has 0 aromatic carbocycles. The average Bonchev–Trinajstić information content (AvgIpc) is 2.62. The Morgan fingerprint density at radius 2 is 0.458 bits per heavy atom. The van der Waals surface area contributed by atoms with Crippen LogP contribution in [0.3, 0.4) is 0 Å². The van der Waals surface area contributed by atoms with Crippen LogP contribution in [0.5, 0.6) is 0 Å². The van der Waals surface area contributed by atoms with Crippen LogP contribution >= 0.6 is 0 Å². The van der Waals surface area contributed by atoms with E-state index < -0.39 is 75.3 Å². The smallest absolute Gasteiger partial charge is 0.111 e. The molecule has 0 radical (unpaired) electrons. The normalized spacial score (nSPS) is 21.5. The van der Waals surface area contributed by atoms with Crippen molar-refractivity contribution >= 4 is 0 Å². The van der Waals surface area contributed by atoms with Crippen molar-refractivity contribution in [1.29, 1.82) is 0 Å². The first-order valence-electron chi connectivity index (χ1n) is 6.96. The van der Waals surface area contributed by atoms with Crippen molar-refractivity contribution < 1.29 is 61.3 Å². The van der Waals surface area contributed by atoms with Crippen LogP contribution in [0.25, 0.3) is 0 Å². The summed E-state index contributed by atoms with van der Waals surface area (Å²) in [5, 5.41) is 104. The number of hydrogen-bond donors (Lipinski definition) is 12. The lowest BCUT2D eigenvalue weighted by molar-refractivity contribution is -0.123. The fraction of sp³-hybridized carbons (Fsp3) is 1.00. The molecule has 0 unspecified atom stereocenters. The Morgan fingerprint density at radius 1 is 0.333 bits per heavy atom. The van der Waals surface area contributed by atoms with Gasteiger partial charge < -0.3 is 61.3 Å². The number of hydrogen-bond acceptors (Lipinski definition) is 12. The van der Waals surface area contributed by atoms with Crippen LogP contribution < -0.4 is 0 Å². The molecule has 12 N–H and O–H groups in total.